The first-order valence-electron chi connectivity index (χ1n) is 7.58. The maximum absolute atomic E-state index is 11.8. The van der Waals surface area contributed by atoms with Crippen LogP contribution in [0.3, 0.4) is 0 Å². The van der Waals surface area contributed by atoms with Gasteiger partial charge >= 0.3 is 5.97 Å². The lowest BCUT2D eigenvalue weighted by molar-refractivity contribution is 0.0602. The quantitative estimate of drug-likeness (QED) is 0.643. The van der Waals surface area contributed by atoms with Gasteiger partial charge in [0, 0.05) is 17.9 Å². The van der Waals surface area contributed by atoms with E-state index in [9.17, 15) is 4.79 Å². The van der Waals surface area contributed by atoms with Crippen molar-refractivity contribution in [1.29, 1.82) is 0 Å². The fourth-order valence-corrected chi connectivity index (χ4v) is 2.76. The van der Waals surface area contributed by atoms with E-state index in [2.05, 4.69) is 17.1 Å². The van der Waals surface area contributed by atoms with Crippen LogP contribution in [0.25, 0.3) is 0 Å². The molecule has 116 valence electrons. The van der Waals surface area contributed by atoms with E-state index in [1.165, 1.54) is 20.0 Å². The van der Waals surface area contributed by atoms with Crippen molar-refractivity contribution < 1.29 is 9.53 Å². The smallest absolute Gasteiger partial charge is 0.340 e. The van der Waals surface area contributed by atoms with Crippen molar-refractivity contribution in [2.24, 2.45) is 5.92 Å². The third-order valence-electron chi connectivity index (χ3n) is 4.18. The van der Waals surface area contributed by atoms with Crippen LogP contribution in [0.4, 0.5) is 11.4 Å². The molecular formula is C16H25N3O2. The minimum absolute atomic E-state index is 0.356. The number of nitrogens with two attached hydrogens (primary N) is 1. The third kappa shape index (κ3) is 4.11. The van der Waals surface area contributed by atoms with Crippen molar-refractivity contribution in [3.8, 4) is 0 Å². The Morgan fingerprint density at radius 2 is 2.14 bits per heavy atom. The van der Waals surface area contributed by atoms with Crippen molar-refractivity contribution in [3.05, 3.63) is 23.8 Å². The van der Waals surface area contributed by atoms with Crippen LogP contribution < -0.4 is 11.1 Å². The molecule has 0 spiro atoms. The number of nitrogens with one attached hydrogen (secondary N) is 1. The Bertz CT molecular complexity index is 482. The van der Waals surface area contributed by atoms with E-state index in [0.717, 1.165) is 31.9 Å². The summed E-state index contributed by atoms with van der Waals surface area (Å²) in [6, 6.07) is 5.31. The predicted molar refractivity (Wildman–Crippen MR) is 85.5 cm³/mol. The Labute approximate surface area is 126 Å². The van der Waals surface area contributed by atoms with E-state index >= 15 is 0 Å². The summed E-state index contributed by atoms with van der Waals surface area (Å²) in [4.78, 5) is 14.3. The van der Waals surface area contributed by atoms with Crippen LogP contribution in [0, 0.1) is 5.92 Å². The van der Waals surface area contributed by atoms with Crippen LogP contribution in [0.5, 0.6) is 0 Å². The van der Waals surface area contributed by atoms with Crippen LogP contribution in [0.1, 0.15) is 30.1 Å². The average molecular weight is 291 g/mol. The number of ether oxygens (including phenoxy) is 1. The number of benzene rings is 1. The molecule has 1 saturated heterocycles. The number of esters is 1. The number of hydrogen-bond acceptors (Lipinski definition) is 5. The Kier molecular flexibility index (Phi) is 5.44. The zero-order chi connectivity index (χ0) is 15.2. The van der Waals surface area contributed by atoms with Gasteiger partial charge in [-0.1, -0.05) is 6.92 Å². The molecular weight excluding hydrogens is 266 g/mol. The van der Waals surface area contributed by atoms with Gasteiger partial charge in [0.2, 0.25) is 0 Å². The largest absolute Gasteiger partial charge is 0.465 e. The van der Waals surface area contributed by atoms with Gasteiger partial charge in [0.15, 0.2) is 0 Å². The number of rotatable bonds is 5. The summed E-state index contributed by atoms with van der Waals surface area (Å²) in [6.45, 7) is 6.54. The van der Waals surface area contributed by atoms with Gasteiger partial charge in [-0.25, -0.2) is 4.79 Å². The molecule has 0 atom stereocenters. The summed E-state index contributed by atoms with van der Waals surface area (Å²) in [6.07, 6.45) is 2.40. The van der Waals surface area contributed by atoms with Crippen LogP contribution in [0.15, 0.2) is 18.2 Å². The molecule has 0 aromatic heterocycles. The second-order valence-corrected chi connectivity index (χ2v) is 5.56. The first kappa shape index (κ1) is 15.6. The van der Waals surface area contributed by atoms with E-state index < -0.39 is 0 Å². The molecule has 1 fully saturated rings. The molecule has 0 amide bonds. The summed E-state index contributed by atoms with van der Waals surface area (Å²) in [7, 11) is 1.38. The SMILES string of the molecule is CCN1CCC(CNc2ccc(N)cc2C(=O)OC)CC1. The molecule has 1 aromatic carbocycles. The monoisotopic (exact) mass is 291 g/mol. The van der Waals surface area contributed by atoms with Gasteiger partial charge in [-0.2, -0.15) is 0 Å². The maximum Gasteiger partial charge on any atom is 0.340 e. The van der Waals surface area contributed by atoms with Crippen LogP contribution >= 0.6 is 0 Å². The lowest BCUT2D eigenvalue weighted by atomic mass is 9.96. The molecule has 1 aliphatic rings. The number of likely N-dealkylation sites (tertiary alicyclic amines) is 1. The molecule has 1 heterocycles. The van der Waals surface area contributed by atoms with Crippen molar-refractivity contribution in [3.63, 3.8) is 0 Å². The van der Waals surface area contributed by atoms with Gasteiger partial charge in [-0.15, -0.1) is 0 Å². The van der Waals surface area contributed by atoms with E-state index in [1.807, 2.05) is 6.07 Å². The number of carbonyl (C=O) groups excluding carboxylic acids is 1. The number of nitrogen functional groups attached to an aromatic ring is 1. The van der Waals surface area contributed by atoms with E-state index in [-0.39, 0.29) is 5.97 Å². The highest BCUT2D eigenvalue weighted by Gasteiger charge is 2.19. The molecule has 0 radical (unpaired) electrons. The highest BCUT2D eigenvalue weighted by atomic mass is 16.5. The molecule has 21 heavy (non-hydrogen) atoms. The minimum Gasteiger partial charge on any atom is -0.465 e. The highest BCUT2D eigenvalue weighted by Crippen LogP contribution is 2.22. The second kappa shape index (κ2) is 7.31. The Morgan fingerprint density at radius 3 is 2.76 bits per heavy atom. The van der Waals surface area contributed by atoms with Crippen molar-refractivity contribution in [2.75, 3.05) is 44.3 Å². The average Bonchev–Trinajstić information content (AvgIpc) is 2.53. The fourth-order valence-electron chi connectivity index (χ4n) is 2.76. The second-order valence-electron chi connectivity index (χ2n) is 5.56. The summed E-state index contributed by atoms with van der Waals surface area (Å²) in [5.41, 5.74) is 7.62. The molecule has 3 N–H and O–H groups in total. The Morgan fingerprint density at radius 1 is 1.43 bits per heavy atom. The van der Waals surface area contributed by atoms with Crippen LogP contribution in [0.2, 0.25) is 0 Å². The number of carbonyl (C=O) groups is 1. The van der Waals surface area contributed by atoms with Gasteiger partial charge < -0.3 is 20.7 Å². The molecule has 1 aromatic rings. The fraction of sp³-hybridized carbons (Fsp3) is 0.562. The molecule has 2 rings (SSSR count). The molecule has 1 aliphatic heterocycles. The van der Waals surface area contributed by atoms with Gasteiger partial charge in [-0.05, 0) is 56.6 Å². The first-order valence-corrected chi connectivity index (χ1v) is 7.58. The first-order chi connectivity index (χ1) is 10.1. The van der Waals surface area contributed by atoms with Crippen LogP contribution in [-0.4, -0.2) is 44.2 Å². The summed E-state index contributed by atoms with van der Waals surface area (Å²) in [5, 5.41) is 3.38. The number of anilines is 2. The number of nitrogens with zero attached hydrogens (tertiary/aromatic N) is 1. The van der Waals surface area contributed by atoms with E-state index in [4.69, 9.17) is 10.5 Å². The topological polar surface area (TPSA) is 67.6 Å². The normalized spacial score (nSPS) is 16.7. The van der Waals surface area contributed by atoms with Gasteiger partial charge in [0.25, 0.3) is 0 Å². The Balaban J connectivity index is 1.95. The molecule has 5 nitrogen and oxygen atoms in total. The number of hydrogen-bond donors (Lipinski definition) is 2. The molecule has 0 saturated carbocycles. The lowest BCUT2D eigenvalue weighted by Crippen LogP contribution is -2.35. The van der Waals surface area contributed by atoms with Crippen LogP contribution in [-0.2, 0) is 4.74 Å². The van der Waals surface area contributed by atoms with E-state index in [1.54, 1.807) is 12.1 Å². The van der Waals surface area contributed by atoms with Crippen molar-refractivity contribution in [1.82, 2.24) is 4.90 Å². The van der Waals surface area contributed by atoms with E-state index in [0.29, 0.717) is 17.2 Å². The summed E-state index contributed by atoms with van der Waals surface area (Å²) >= 11 is 0. The van der Waals surface area contributed by atoms with Crippen molar-refractivity contribution >= 4 is 17.3 Å². The molecule has 0 unspecified atom stereocenters. The maximum atomic E-state index is 11.8. The zero-order valence-corrected chi connectivity index (χ0v) is 12.9. The Hall–Kier alpha value is -1.75. The third-order valence-corrected chi connectivity index (χ3v) is 4.18. The lowest BCUT2D eigenvalue weighted by Gasteiger charge is -2.31. The number of piperidine rings is 1. The molecule has 5 heteroatoms. The summed E-state index contributed by atoms with van der Waals surface area (Å²) in [5.74, 6) is 0.293. The zero-order valence-electron chi connectivity index (χ0n) is 12.9. The number of methoxy groups -OCH3 is 1. The van der Waals surface area contributed by atoms with Gasteiger partial charge in [0.05, 0.1) is 12.7 Å². The predicted octanol–water partition coefficient (Wildman–Crippen LogP) is 2.20. The molecule has 0 aliphatic carbocycles. The highest BCUT2D eigenvalue weighted by molar-refractivity contribution is 5.96. The van der Waals surface area contributed by atoms with Gasteiger partial charge in [0.1, 0.15) is 0 Å². The summed E-state index contributed by atoms with van der Waals surface area (Å²) < 4.78 is 4.81. The minimum atomic E-state index is -0.356. The standard InChI is InChI=1S/C16H25N3O2/c1-3-19-8-6-12(7-9-19)11-18-15-5-4-13(17)10-14(15)16(20)21-2/h4-5,10,12,18H,3,6-9,11,17H2,1-2H3. The van der Waals surface area contributed by atoms with Gasteiger partial charge in [-0.3, -0.25) is 0 Å². The molecule has 0 bridgehead atoms. The van der Waals surface area contributed by atoms with Crippen molar-refractivity contribution in [2.45, 2.75) is 19.8 Å².